The maximum Gasteiger partial charge on any atom is 0.325 e. The number of amides is 1. The summed E-state index contributed by atoms with van der Waals surface area (Å²) in [6.07, 6.45) is 0. The Bertz CT molecular complexity index is 483. The predicted molar refractivity (Wildman–Crippen MR) is 84.6 cm³/mol. The molecule has 0 radical (unpaired) electrons. The van der Waals surface area contributed by atoms with Gasteiger partial charge in [0, 0.05) is 20.6 Å². The Balaban J connectivity index is 2.96. The van der Waals surface area contributed by atoms with Crippen LogP contribution in [0, 0.1) is 0 Å². The maximum absolute atomic E-state index is 12.5. The lowest BCUT2D eigenvalue weighted by atomic mass is 10.1. The van der Waals surface area contributed by atoms with Crippen LogP contribution in [0.15, 0.2) is 27.1 Å². The van der Waals surface area contributed by atoms with Crippen LogP contribution in [0.2, 0.25) is 0 Å². The summed E-state index contributed by atoms with van der Waals surface area (Å²) >= 11 is 6.70. The van der Waals surface area contributed by atoms with Gasteiger partial charge >= 0.3 is 5.97 Å². The molecule has 110 valence electrons. The molecule has 0 bridgehead atoms. The van der Waals surface area contributed by atoms with E-state index in [1.165, 1.54) is 4.90 Å². The molecule has 1 rings (SSSR count). The van der Waals surface area contributed by atoms with Crippen molar-refractivity contribution in [3.8, 4) is 0 Å². The summed E-state index contributed by atoms with van der Waals surface area (Å²) in [6, 6.07) is 5.22. The average molecular weight is 407 g/mol. The number of rotatable bonds is 5. The van der Waals surface area contributed by atoms with E-state index in [9.17, 15) is 9.59 Å². The lowest BCUT2D eigenvalue weighted by molar-refractivity contribution is -0.144. The van der Waals surface area contributed by atoms with Gasteiger partial charge in [0.05, 0.1) is 6.61 Å². The van der Waals surface area contributed by atoms with Gasteiger partial charge in [0.15, 0.2) is 0 Å². The molecule has 0 saturated heterocycles. The van der Waals surface area contributed by atoms with E-state index in [4.69, 9.17) is 4.74 Å². The van der Waals surface area contributed by atoms with E-state index in [-0.39, 0.29) is 18.5 Å². The zero-order chi connectivity index (χ0) is 15.3. The summed E-state index contributed by atoms with van der Waals surface area (Å²) in [5.41, 5.74) is 0.518. The van der Waals surface area contributed by atoms with Gasteiger partial charge in [-0.15, -0.1) is 0 Å². The van der Waals surface area contributed by atoms with Crippen molar-refractivity contribution in [2.45, 2.75) is 26.8 Å². The topological polar surface area (TPSA) is 46.6 Å². The van der Waals surface area contributed by atoms with Crippen LogP contribution in [0.1, 0.15) is 31.1 Å². The molecule has 0 aliphatic rings. The van der Waals surface area contributed by atoms with Crippen molar-refractivity contribution in [1.29, 1.82) is 0 Å². The van der Waals surface area contributed by atoms with E-state index < -0.39 is 5.97 Å². The van der Waals surface area contributed by atoms with Crippen LogP contribution in [0.25, 0.3) is 0 Å². The highest BCUT2D eigenvalue weighted by Gasteiger charge is 2.22. The van der Waals surface area contributed by atoms with Gasteiger partial charge in [-0.25, -0.2) is 0 Å². The highest BCUT2D eigenvalue weighted by Crippen LogP contribution is 2.21. The van der Waals surface area contributed by atoms with Gasteiger partial charge in [0.25, 0.3) is 5.91 Å². The number of ether oxygens (including phenoxy) is 1. The van der Waals surface area contributed by atoms with E-state index >= 15 is 0 Å². The predicted octanol–water partition coefficient (Wildman–Crippen LogP) is 3.63. The first-order valence-electron chi connectivity index (χ1n) is 6.27. The van der Waals surface area contributed by atoms with Gasteiger partial charge in [-0.2, -0.15) is 0 Å². The number of carbonyl (C=O) groups excluding carboxylic acids is 2. The molecule has 0 saturated carbocycles. The van der Waals surface area contributed by atoms with Gasteiger partial charge in [-0.3, -0.25) is 9.59 Å². The number of esters is 1. The van der Waals surface area contributed by atoms with E-state index in [1.54, 1.807) is 19.1 Å². The lowest BCUT2D eigenvalue weighted by Crippen LogP contribution is -2.41. The van der Waals surface area contributed by atoms with Crippen LogP contribution >= 0.6 is 31.9 Å². The zero-order valence-electron chi connectivity index (χ0n) is 11.7. The first-order valence-corrected chi connectivity index (χ1v) is 7.86. The molecule has 20 heavy (non-hydrogen) atoms. The molecule has 1 aromatic rings. The Morgan fingerprint density at radius 3 is 2.20 bits per heavy atom. The van der Waals surface area contributed by atoms with E-state index in [2.05, 4.69) is 31.9 Å². The Labute approximate surface area is 135 Å². The second-order valence-corrected chi connectivity index (χ2v) is 6.32. The summed E-state index contributed by atoms with van der Waals surface area (Å²) in [5.74, 6) is -0.598. The van der Waals surface area contributed by atoms with Gasteiger partial charge < -0.3 is 9.64 Å². The third kappa shape index (κ3) is 4.90. The minimum atomic E-state index is -0.399. The smallest absolute Gasteiger partial charge is 0.325 e. The fraction of sp³-hybridized carbons (Fsp3) is 0.429. The minimum Gasteiger partial charge on any atom is -0.465 e. The number of carbonyl (C=O) groups is 2. The fourth-order valence-electron chi connectivity index (χ4n) is 1.68. The molecule has 1 amide bonds. The van der Waals surface area contributed by atoms with Crippen molar-refractivity contribution in [1.82, 2.24) is 4.90 Å². The highest BCUT2D eigenvalue weighted by atomic mass is 79.9. The summed E-state index contributed by atoms with van der Waals surface area (Å²) in [6.45, 7) is 5.73. The molecule has 6 heteroatoms. The Morgan fingerprint density at radius 2 is 1.75 bits per heavy atom. The second kappa shape index (κ2) is 7.78. The van der Waals surface area contributed by atoms with E-state index in [0.717, 1.165) is 8.95 Å². The minimum absolute atomic E-state index is 0.0472. The number of benzene rings is 1. The average Bonchev–Trinajstić information content (AvgIpc) is 2.34. The lowest BCUT2D eigenvalue weighted by Gasteiger charge is -2.26. The summed E-state index contributed by atoms with van der Waals surface area (Å²) in [7, 11) is 0. The van der Waals surface area contributed by atoms with Crippen molar-refractivity contribution in [3.63, 3.8) is 0 Å². The quantitative estimate of drug-likeness (QED) is 0.701. The van der Waals surface area contributed by atoms with Crippen LogP contribution in [0.3, 0.4) is 0 Å². The monoisotopic (exact) mass is 405 g/mol. The molecule has 0 fully saturated rings. The van der Waals surface area contributed by atoms with Crippen molar-refractivity contribution in [3.05, 3.63) is 32.7 Å². The standard InChI is InChI=1S/C14H17Br2NO3/c1-4-20-13(18)8-17(9(2)3)14(19)10-5-11(15)7-12(16)6-10/h5-7,9H,4,8H2,1-3H3. The number of hydrogen-bond acceptors (Lipinski definition) is 3. The first-order chi connectivity index (χ1) is 9.35. The van der Waals surface area contributed by atoms with Crippen LogP contribution in [0.4, 0.5) is 0 Å². The molecule has 0 spiro atoms. The van der Waals surface area contributed by atoms with Gasteiger partial charge in [0.1, 0.15) is 6.54 Å². The molecule has 0 aliphatic heterocycles. The van der Waals surface area contributed by atoms with Crippen molar-refractivity contribution in [2.24, 2.45) is 0 Å². The summed E-state index contributed by atoms with van der Waals surface area (Å²) < 4.78 is 6.51. The molecule has 4 nitrogen and oxygen atoms in total. The van der Waals surface area contributed by atoms with Gasteiger partial charge in [-0.05, 0) is 39.0 Å². The van der Waals surface area contributed by atoms with E-state index in [1.807, 2.05) is 19.9 Å². The zero-order valence-corrected chi connectivity index (χ0v) is 14.8. The van der Waals surface area contributed by atoms with Crippen molar-refractivity contribution < 1.29 is 14.3 Å². The Kier molecular flexibility index (Phi) is 6.68. The molecule has 0 aromatic heterocycles. The molecular formula is C14H17Br2NO3. The van der Waals surface area contributed by atoms with Gasteiger partial charge in [-0.1, -0.05) is 31.9 Å². The second-order valence-electron chi connectivity index (χ2n) is 4.49. The molecule has 0 aliphatic carbocycles. The summed E-state index contributed by atoms with van der Waals surface area (Å²) in [5, 5.41) is 0. The van der Waals surface area contributed by atoms with Gasteiger partial charge in [0.2, 0.25) is 0 Å². The van der Waals surface area contributed by atoms with Crippen LogP contribution in [-0.2, 0) is 9.53 Å². The SMILES string of the molecule is CCOC(=O)CN(C(=O)c1cc(Br)cc(Br)c1)C(C)C. The molecule has 0 unspecified atom stereocenters. The number of halogens is 2. The number of hydrogen-bond donors (Lipinski definition) is 0. The van der Waals surface area contributed by atoms with E-state index in [0.29, 0.717) is 12.2 Å². The molecule has 0 N–H and O–H groups in total. The molecular weight excluding hydrogens is 390 g/mol. The van der Waals surface area contributed by atoms with Crippen LogP contribution < -0.4 is 0 Å². The largest absolute Gasteiger partial charge is 0.465 e. The summed E-state index contributed by atoms with van der Waals surface area (Å²) in [4.78, 5) is 25.6. The number of nitrogens with zero attached hydrogens (tertiary/aromatic N) is 1. The van der Waals surface area contributed by atoms with Crippen molar-refractivity contribution in [2.75, 3.05) is 13.2 Å². The third-order valence-electron chi connectivity index (χ3n) is 2.60. The Hall–Kier alpha value is -0.880. The van der Waals surface area contributed by atoms with Crippen molar-refractivity contribution >= 4 is 43.7 Å². The Morgan fingerprint density at radius 1 is 1.20 bits per heavy atom. The first kappa shape index (κ1) is 17.2. The maximum atomic E-state index is 12.5. The molecule has 0 heterocycles. The highest BCUT2D eigenvalue weighted by molar-refractivity contribution is 9.11. The molecule has 1 aromatic carbocycles. The normalized spacial score (nSPS) is 10.5. The molecule has 0 atom stereocenters. The van der Waals surface area contributed by atoms with Crippen LogP contribution in [0.5, 0.6) is 0 Å². The fourth-order valence-corrected chi connectivity index (χ4v) is 2.97. The van der Waals surface area contributed by atoms with Crippen LogP contribution in [-0.4, -0.2) is 36.0 Å². The third-order valence-corrected chi connectivity index (χ3v) is 3.51.